The Labute approximate surface area is 110 Å². The molecule has 6 nitrogen and oxygen atoms in total. The Hall–Kier alpha value is -0.660. The van der Waals surface area contributed by atoms with E-state index in [1.54, 1.807) is 7.05 Å². The zero-order valence-corrected chi connectivity index (χ0v) is 12.0. The number of nitrogens with one attached hydrogen (secondary N) is 1. The van der Waals surface area contributed by atoms with Crippen molar-refractivity contribution >= 4 is 16.2 Å². The summed E-state index contributed by atoms with van der Waals surface area (Å²) in [5, 5.41) is 8.44. The first-order valence-electron chi connectivity index (χ1n) is 6.33. The van der Waals surface area contributed by atoms with Crippen LogP contribution in [-0.4, -0.2) is 43.9 Å². The quantitative estimate of drug-likeness (QED) is 0.557. The fourth-order valence-electron chi connectivity index (χ4n) is 1.39. The van der Waals surface area contributed by atoms with Crippen LogP contribution in [0, 0.1) is 0 Å². The molecule has 0 spiro atoms. The second-order valence-electron chi connectivity index (χ2n) is 4.28. The van der Waals surface area contributed by atoms with E-state index in [-0.39, 0.29) is 6.42 Å². The lowest BCUT2D eigenvalue weighted by Gasteiger charge is -2.17. The molecule has 0 aromatic carbocycles. The highest BCUT2D eigenvalue weighted by molar-refractivity contribution is 7.87. The van der Waals surface area contributed by atoms with Gasteiger partial charge in [-0.1, -0.05) is 19.8 Å². The van der Waals surface area contributed by atoms with Gasteiger partial charge in [0.05, 0.1) is 0 Å². The van der Waals surface area contributed by atoms with Crippen LogP contribution in [0.25, 0.3) is 0 Å². The van der Waals surface area contributed by atoms with Crippen molar-refractivity contribution in [2.24, 2.45) is 0 Å². The summed E-state index contributed by atoms with van der Waals surface area (Å²) in [7, 11) is -1.81. The first-order chi connectivity index (χ1) is 8.40. The first kappa shape index (κ1) is 17.3. The zero-order valence-electron chi connectivity index (χ0n) is 11.2. The molecule has 0 aromatic rings. The van der Waals surface area contributed by atoms with Gasteiger partial charge in [-0.05, 0) is 19.3 Å². The summed E-state index contributed by atoms with van der Waals surface area (Å²) in [4.78, 5) is 10.3. The highest BCUT2D eigenvalue weighted by atomic mass is 32.2. The molecule has 18 heavy (non-hydrogen) atoms. The lowest BCUT2D eigenvalue weighted by Crippen LogP contribution is -2.39. The van der Waals surface area contributed by atoms with Crippen molar-refractivity contribution in [1.82, 2.24) is 9.03 Å². The summed E-state index contributed by atoms with van der Waals surface area (Å²) in [6.45, 7) is 2.89. The molecular weight excluding hydrogens is 256 g/mol. The Kier molecular flexibility index (Phi) is 8.95. The summed E-state index contributed by atoms with van der Waals surface area (Å²) >= 11 is 0. The van der Waals surface area contributed by atoms with Crippen molar-refractivity contribution in [3.8, 4) is 0 Å². The molecule has 108 valence electrons. The normalized spacial score (nSPS) is 11.9. The van der Waals surface area contributed by atoms with Gasteiger partial charge in [-0.3, -0.25) is 4.79 Å². The monoisotopic (exact) mass is 280 g/mol. The van der Waals surface area contributed by atoms with Crippen molar-refractivity contribution < 1.29 is 18.3 Å². The number of hydrogen-bond donors (Lipinski definition) is 2. The summed E-state index contributed by atoms with van der Waals surface area (Å²) in [5.74, 6) is -0.810. The Morgan fingerprint density at radius 3 is 2.44 bits per heavy atom. The third-order valence-corrected chi connectivity index (χ3v) is 4.16. The summed E-state index contributed by atoms with van der Waals surface area (Å²) in [6, 6.07) is 0. The minimum absolute atomic E-state index is 0.142. The number of nitrogens with zero attached hydrogens (tertiary/aromatic N) is 1. The maximum atomic E-state index is 11.7. The van der Waals surface area contributed by atoms with Crippen LogP contribution in [0.3, 0.4) is 0 Å². The molecule has 0 radical (unpaired) electrons. The van der Waals surface area contributed by atoms with Crippen LogP contribution in [0.4, 0.5) is 0 Å². The number of carboxylic acids is 1. The van der Waals surface area contributed by atoms with Gasteiger partial charge in [-0.25, -0.2) is 4.72 Å². The van der Waals surface area contributed by atoms with E-state index in [1.807, 2.05) is 6.92 Å². The van der Waals surface area contributed by atoms with E-state index in [1.165, 1.54) is 4.31 Å². The minimum Gasteiger partial charge on any atom is -0.481 e. The molecule has 0 atom stereocenters. The third kappa shape index (κ3) is 8.43. The van der Waals surface area contributed by atoms with E-state index in [0.717, 1.165) is 12.8 Å². The molecule has 0 aliphatic heterocycles. The largest absolute Gasteiger partial charge is 0.481 e. The van der Waals surface area contributed by atoms with E-state index in [4.69, 9.17) is 5.11 Å². The zero-order chi connectivity index (χ0) is 14.0. The van der Waals surface area contributed by atoms with Gasteiger partial charge in [-0.2, -0.15) is 12.7 Å². The van der Waals surface area contributed by atoms with Gasteiger partial charge in [-0.15, -0.1) is 0 Å². The lowest BCUT2D eigenvalue weighted by atomic mass is 10.2. The van der Waals surface area contributed by atoms with Gasteiger partial charge in [0.25, 0.3) is 10.2 Å². The molecule has 0 heterocycles. The van der Waals surface area contributed by atoms with E-state index in [2.05, 4.69) is 4.72 Å². The van der Waals surface area contributed by atoms with Gasteiger partial charge in [0.15, 0.2) is 0 Å². The Morgan fingerprint density at radius 2 is 1.89 bits per heavy atom. The van der Waals surface area contributed by atoms with Crippen LogP contribution in [0.15, 0.2) is 0 Å². The molecular formula is C11H24N2O4S. The first-order valence-corrected chi connectivity index (χ1v) is 7.77. The highest BCUT2D eigenvalue weighted by Gasteiger charge is 2.15. The molecule has 2 N–H and O–H groups in total. The summed E-state index contributed by atoms with van der Waals surface area (Å²) in [5.41, 5.74) is 0. The predicted molar refractivity (Wildman–Crippen MR) is 70.6 cm³/mol. The maximum Gasteiger partial charge on any atom is 0.303 e. The van der Waals surface area contributed by atoms with Crippen LogP contribution in [0.5, 0.6) is 0 Å². The molecule has 0 saturated carbocycles. The van der Waals surface area contributed by atoms with Gasteiger partial charge in [0.1, 0.15) is 0 Å². The van der Waals surface area contributed by atoms with E-state index < -0.39 is 16.2 Å². The molecule has 7 heteroatoms. The summed E-state index contributed by atoms with van der Waals surface area (Å²) in [6.07, 6.45) is 3.90. The molecule has 0 aliphatic carbocycles. The third-order valence-electron chi connectivity index (χ3n) is 2.59. The van der Waals surface area contributed by atoms with E-state index >= 15 is 0 Å². The van der Waals surface area contributed by atoms with Crippen molar-refractivity contribution in [2.45, 2.75) is 45.4 Å². The SMILES string of the molecule is CCCCN(C)S(=O)(=O)NCCCCCC(=O)O. The van der Waals surface area contributed by atoms with Crippen LogP contribution in [0.2, 0.25) is 0 Å². The number of unbranched alkanes of at least 4 members (excludes halogenated alkanes) is 3. The van der Waals surface area contributed by atoms with Crippen molar-refractivity contribution in [3.05, 3.63) is 0 Å². The molecule has 0 rings (SSSR count). The minimum atomic E-state index is -3.37. The van der Waals surface area contributed by atoms with Gasteiger partial charge < -0.3 is 5.11 Å². The Balaban J connectivity index is 3.73. The molecule has 0 saturated heterocycles. The molecule has 0 bridgehead atoms. The van der Waals surface area contributed by atoms with E-state index in [0.29, 0.717) is 32.4 Å². The van der Waals surface area contributed by atoms with Crippen molar-refractivity contribution in [1.29, 1.82) is 0 Å². The van der Waals surface area contributed by atoms with Crippen LogP contribution in [0.1, 0.15) is 45.4 Å². The van der Waals surface area contributed by atoms with E-state index in [9.17, 15) is 13.2 Å². The fourth-order valence-corrected chi connectivity index (χ4v) is 2.38. The number of aliphatic carboxylic acids is 1. The molecule has 0 aromatic heterocycles. The number of rotatable bonds is 11. The van der Waals surface area contributed by atoms with Crippen LogP contribution >= 0.6 is 0 Å². The van der Waals surface area contributed by atoms with Crippen LogP contribution in [-0.2, 0) is 15.0 Å². The predicted octanol–water partition coefficient (Wildman–Crippen LogP) is 1.20. The second kappa shape index (κ2) is 9.29. The van der Waals surface area contributed by atoms with Gasteiger partial charge in [0.2, 0.25) is 0 Å². The molecule has 0 aliphatic rings. The molecule has 0 amide bonds. The molecule has 0 fully saturated rings. The maximum absolute atomic E-state index is 11.7. The number of carbonyl (C=O) groups is 1. The number of carboxylic acid groups (broad SMARTS) is 1. The van der Waals surface area contributed by atoms with Crippen LogP contribution < -0.4 is 4.72 Å². The highest BCUT2D eigenvalue weighted by Crippen LogP contribution is 2.01. The van der Waals surface area contributed by atoms with Crippen molar-refractivity contribution in [3.63, 3.8) is 0 Å². The lowest BCUT2D eigenvalue weighted by molar-refractivity contribution is -0.137. The molecule has 0 unspecified atom stereocenters. The average molecular weight is 280 g/mol. The van der Waals surface area contributed by atoms with Gasteiger partial charge in [0, 0.05) is 26.6 Å². The Bertz CT molecular complexity index is 330. The smallest absolute Gasteiger partial charge is 0.303 e. The topological polar surface area (TPSA) is 86.7 Å². The Morgan fingerprint density at radius 1 is 1.22 bits per heavy atom. The standard InChI is InChI=1S/C11H24N2O4S/c1-3-4-10-13(2)18(16,17)12-9-7-5-6-8-11(14)15/h12H,3-10H2,1-2H3,(H,14,15). The van der Waals surface area contributed by atoms with Crippen molar-refractivity contribution in [2.75, 3.05) is 20.1 Å². The second-order valence-corrected chi connectivity index (χ2v) is 6.14. The van der Waals surface area contributed by atoms with Gasteiger partial charge >= 0.3 is 5.97 Å². The fraction of sp³-hybridized carbons (Fsp3) is 0.909. The average Bonchev–Trinajstić information content (AvgIpc) is 2.30. The number of hydrogen-bond acceptors (Lipinski definition) is 3. The summed E-state index contributed by atoms with van der Waals surface area (Å²) < 4.78 is 27.2.